The van der Waals surface area contributed by atoms with Crippen LogP contribution in [0, 0.1) is 0 Å². The van der Waals surface area contributed by atoms with Gasteiger partial charge in [0.15, 0.2) is 0 Å². The van der Waals surface area contributed by atoms with Crippen molar-refractivity contribution >= 4 is 23.6 Å². The molecule has 1 heterocycles. The average molecular weight is 246 g/mol. The van der Waals surface area contributed by atoms with E-state index in [1.54, 1.807) is 18.9 Å². The van der Waals surface area contributed by atoms with E-state index in [9.17, 15) is 9.59 Å². The second-order valence-electron chi connectivity index (χ2n) is 3.73. The fourth-order valence-electron chi connectivity index (χ4n) is 1.48. The Morgan fingerprint density at radius 3 is 2.94 bits per heavy atom. The molecule has 1 amide bonds. The molecule has 0 radical (unpaired) electrons. The van der Waals surface area contributed by atoms with Crippen LogP contribution < -0.4 is 5.73 Å². The van der Waals surface area contributed by atoms with Gasteiger partial charge in [-0.25, -0.2) is 0 Å². The first-order chi connectivity index (χ1) is 7.56. The molecule has 1 saturated heterocycles. The fourth-order valence-corrected chi connectivity index (χ4v) is 2.65. The van der Waals surface area contributed by atoms with E-state index in [2.05, 4.69) is 0 Å². The lowest BCUT2D eigenvalue weighted by atomic mass is 10.4. The van der Waals surface area contributed by atoms with E-state index in [1.165, 1.54) is 11.8 Å². The molecule has 6 heteroatoms. The molecule has 1 aliphatic rings. The lowest BCUT2D eigenvalue weighted by Gasteiger charge is -2.13. The monoisotopic (exact) mass is 246 g/mol. The quantitative estimate of drug-likeness (QED) is 0.682. The maximum Gasteiger partial charge on any atom is 0.323 e. The first-order valence-electron chi connectivity index (χ1n) is 5.35. The Bertz CT molecular complexity index is 273. The third-order valence-corrected chi connectivity index (χ3v) is 3.84. The number of carbonyl (C=O) groups excluding carboxylic acids is 2. The highest BCUT2D eigenvalue weighted by molar-refractivity contribution is 8.00. The van der Waals surface area contributed by atoms with Crippen molar-refractivity contribution in [2.75, 3.05) is 26.0 Å². The number of thioether (sulfide) groups is 1. The zero-order valence-electron chi connectivity index (χ0n) is 9.64. The number of nitrogens with two attached hydrogens (primary N) is 1. The van der Waals surface area contributed by atoms with Crippen LogP contribution in [0.15, 0.2) is 0 Å². The highest BCUT2D eigenvalue weighted by Gasteiger charge is 2.30. The number of amides is 1. The summed E-state index contributed by atoms with van der Waals surface area (Å²) < 4.78 is 4.79. The molecule has 16 heavy (non-hydrogen) atoms. The zero-order chi connectivity index (χ0) is 12.1. The molecule has 0 saturated carbocycles. The molecule has 92 valence electrons. The summed E-state index contributed by atoms with van der Waals surface area (Å²) in [6.07, 6.45) is 0.829. The predicted molar refractivity (Wildman–Crippen MR) is 63.1 cm³/mol. The summed E-state index contributed by atoms with van der Waals surface area (Å²) in [4.78, 5) is 24.5. The molecule has 2 unspecified atom stereocenters. The standard InChI is InChI=1S/C10H18N2O3S/c1-3-15-10(14)7(11)6-16-8-4-5-12(2)9(8)13/h7-8H,3-6,11H2,1-2H3. The summed E-state index contributed by atoms with van der Waals surface area (Å²) in [5, 5.41) is -0.0505. The highest BCUT2D eigenvalue weighted by Crippen LogP contribution is 2.23. The number of nitrogens with zero attached hydrogens (tertiary/aromatic N) is 1. The van der Waals surface area contributed by atoms with Gasteiger partial charge in [0.2, 0.25) is 5.91 Å². The summed E-state index contributed by atoms with van der Waals surface area (Å²) in [6, 6.07) is -0.636. The van der Waals surface area contributed by atoms with Crippen molar-refractivity contribution in [2.24, 2.45) is 5.73 Å². The molecule has 1 fully saturated rings. The predicted octanol–water partition coefficient (Wildman–Crippen LogP) is -0.159. The number of esters is 1. The van der Waals surface area contributed by atoms with Crippen LogP contribution in [0.2, 0.25) is 0 Å². The maximum absolute atomic E-state index is 11.6. The van der Waals surface area contributed by atoms with Gasteiger partial charge in [-0.2, -0.15) is 0 Å². The van der Waals surface area contributed by atoms with Crippen LogP contribution in [0.1, 0.15) is 13.3 Å². The van der Waals surface area contributed by atoms with Gasteiger partial charge in [-0.1, -0.05) is 0 Å². The van der Waals surface area contributed by atoms with Gasteiger partial charge in [-0.3, -0.25) is 9.59 Å². The van der Waals surface area contributed by atoms with Crippen LogP contribution in [-0.2, 0) is 14.3 Å². The summed E-state index contributed by atoms with van der Waals surface area (Å²) in [5.41, 5.74) is 5.64. The number of likely N-dealkylation sites (tertiary alicyclic amines) is 1. The van der Waals surface area contributed by atoms with Gasteiger partial charge in [0.05, 0.1) is 11.9 Å². The zero-order valence-corrected chi connectivity index (χ0v) is 10.5. The van der Waals surface area contributed by atoms with Gasteiger partial charge < -0.3 is 15.4 Å². The molecule has 0 aromatic carbocycles. The van der Waals surface area contributed by atoms with Gasteiger partial charge in [-0.05, 0) is 13.3 Å². The second-order valence-corrected chi connectivity index (χ2v) is 4.96. The van der Waals surface area contributed by atoms with Crippen molar-refractivity contribution in [3.8, 4) is 0 Å². The normalized spacial score (nSPS) is 22.3. The number of ether oxygens (including phenoxy) is 1. The van der Waals surface area contributed by atoms with Crippen molar-refractivity contribution in [1.82, 2.24) is 4.90 Å². The highest BCUT2D eigenvalue weighted by atomic mass is 32.2. The Balaban J connectivity index is 2.29. The smallest absolute Gasteiger partial charge is 0.323 e. The van der Waals surface area contributed by atoms with Crippen molar-refractivity contribution in [1.29, 1.82) is 0 Å². The molecule has 0 bridgehead atoms. The minimum absolute atomic E-state index is 0.0505. The average Bonchev–Trinajstić information content (AvgIpc) is 2.57. The van der Waals surface area contributed by atoms with Crippen LogP contribution in [0.4, 0.5) is 0 Å². The molecule has 0 aromatic rings. The maximum atomic E-state index is 11.6. The molecule has 2 atom stereocenters. The number of hydrogen-bond acceptors (Lipinski definition) is 5. The minimum atomic E-state index is -0.636. The SMILES string of the molecule is CCOC(=O)C(N)CSC1CCN(C)C1=O. The molecule has 1 rings (SSSR count). The van der Waals surface area contributed by atoms with Gasteiger partial charge in [0, 0.05) is 19.3 Å². The topological polar surface area (TPSA) is 72.6 Å². The third kappa shape index (κ3) is 3.38. The molecule has 0 aromatic heterocycles. The molecule has 0 aliphatic carbocycles. The van der Waals surface area contributed by atoms with Crippen molar-refractivity contribution in [3.63, 3.8) is 0 Å². The van der Waals surface area contributed by atoms with Crippen LogP contribution >= 0.6 is 11.8 Å². The molecule has 0 spiro atoms. The van der Waals surface area contributed by atoms with Crippen molar-refractivity contribution in [3.05, 3.63) is 0 Å². The van der Waals surface area contributed by atoms with Gasteiger partial charge >= 0.3 is 5.97 Å². The van der Waals surface area contributed by atoms with Crippen molar-refractivity contribution < 1.29 is 14.3 Å². The second kappa shape index (κ2) is 6.10. The van der Waals surface area contributed by atoms with Crippen molar-refractivity contribution in [2.45, 2.75) is 24.6 Å². The first kappa shape index (κ1) is 13.3. The Morgan fingerprint density at radius 1 is 1.75 bits per heavy atom. The summed E-state index contributed by atoms with van der Waals surface area (Å²) in [7, 11) is 1.79. The lowest BCUT2D eigenvalue weighted by molar-refractivity contribution is -0.144. The van der Waals surface area contributed by atoms with Gasteiger partial charge in [0.25, 0.3) is 0 Å². The van der Waals surface area contributed by atoms with Crippen LogP contribution in [0.25, 0.3) is 0 Å². The molecule has 1 aliphatic heterocycles. The Kier molecular flexibility index (Phi) is 5.08. The van der Waals surface area contributed by atoms with E-state index < -0.39 is 12.0 Å². The summed E-state index contributed by atoms with van der Waals surface area (Å²) >= 11 is 1.44. The number of carbonyl (C=O) groups is 2. The van der Waals surface area contributed by atoms with E-state index in [4.69, 9.17) is 10.5 Å². The molecule has 2 N–H and O–H groups in total. The van der Waals surface area contributed by atoms with E-state index in [1.807, 2.05) is 0 Å². The third-order valence-electron chi connectivity index (χ3n) is 2.44. The van der Waals surface area contributed by atoms with E-state index >= 15 is 0 Å². The number of rotatable bonds is 5. The summed E-state index contributed by atoms with van der Waals surface area (Å²) in [6.45, 7) is 2.86. The summed E-state index contributed by atoms with van der Waals surface area (Å²) in [5.74, 6) is 0.165. The molecular weight excluding hydrogens is 228 g/mol. The fraction of sp³-hybridized carbons (Fsp3) is 0.800. The first-order valence-corrected chi connectivity index (χ1v) is 6.40. The number of hydrogen-bond donors (Lipinski definition) is 1. The Labute approximate surface area is 99.7 Å². The van der Waals surface area contributed by atoms with Gasteiger partial charge in [0.1, 0.15) is 6.04 Å². The molecular formula is C10H18N2O3S. The van der Waals surface area contributed by atoms with Gasteiger partial charge in [-0.15, -0.1) is 11.8 Å². The lowest BCUT2D eigenvalue weighted by Crippen LogP contribution is -2.35. The Morgan fingerprint density at radius 2 is 2.44 bits per heavy atom. The van der Waals surface area contributed by atoms with Crippen LogP contribution in [0.3, 0.4) is 0 Å². The molecule has 5 nitrogen and oxygen atoms in total. The van der Waals surface area contributed by atoms with E-state index in [0.29, 0.717) is 12.4 Å². The van der Waals surface area contributed by atoms with Crippen LogP contribution in [0.5, 0.6) is 0 Å². The largest absolute Gasteiger partial charge is 0.465 e. The Hall–Kier alpha value is -0.750. The minimum Gasteiger partial charge on any atom is -0.465 e. The van der Waals surface area contributed by atoms with E-state index in [-0.39, 0.29) is 11.2 Å². The van der Waals surface area contributed by atoms with E-state index in [0.717, 1.165) is 13.0 Å². The van der Waals surface area contributed by atoms with Crippen LogP contribution in [-0.4, -0.2) is 54.0 Å².